The zero-order valence-corrected chi connectivity index (χ0v) is 13.2. The van der Waals surface area contributed by atoms with E-state index < -0.39 is 0 Å². The van der Waals surface area contributed by atoms with Gasteiger partial charge in [-0.3, -0.25) is 4.90 Å². The lowest BCUT2D eigenvalue weighted by Crippen LogP contribution is -2.43. The summed E-state index contributed by atoms with van der Waals surface area (Å²) in [6.45, 7) is 7.35. The first-order valence-electron chi connectivity index (χ1n) is 8.27. The smallest absolute Gasteiger partial charge is 0.0223 e. The number of rotatable bonds is 6. The molecule has 1 saturated carbocycles. The fraction of sp³-hybridized carbons (Fsp3) is 1.00. The molecule has 0 radical (unpaired) electrons. The van der Waals surface area contributed by atoms with Gasteiger partial charge in [0.1, 0.15) is 0 Å². The van der Waals surface area contributed by atoms with Gasteiger partial charge >= 0.3 is 0 Å². The van der Waals surface area contributed by atoms with Crippen LogP contribution in [0.4, 0.5) is 0 Å². The van der Waals surface area contributed by atoms with E-state index in [9.17, 15) is 0 Å². The Morgan fingerprint density at radius 1 is 1.11 bits per heavy atom. The second-order valence-electron chi connectivity index (χ2n) is 7.01. The summed E-state index contributed by atoms with van der Waals surface area (Å²) >= 11 is 0. The van der Waals surface area contributed by atoms with Gasteiger partial charge < -0.3 is 10.2 Å². The minimum atomic E-state index is 0.795. The largest absolute Gasteiger partial charge is 0.313 e. The van der Waals surface area contributed by atoms with Crippen molar-refractivity contribution in [2.75, 3.05) is 40.3 Å². The summed E-state index contributed by atoms with van der Waals surface area (Å²) in [6, 6.07) is 1.59. The Balaban J connectivity index is 1.62. The second kappa shape index (κ2) is 7.61. The Bertz CT molecular complexity index is 246. The normalized spacial score (nSPS) is 33.2. The number of nitrogens with one attached hydrogen (secondary N) is 1. The zero-order valence-electron chi connectivity index (χ0n) is 13.2. The average molecular weight is 267 g/mol. The van der Waals surface area contributed by atoms with Crippen molar-refractivity contribution in [2.45, 2.75) is 57.5 Å². The lowest BCUT2D eigenvalue weighted by molar-refractivity contribution is 0.202. The van der Waals surface area contributed by atoms with Gasteiger partial charge in [-0.2, -0.15) is 0 Å². The van der Waals surface area contributed by atoms with Crippen LogP contribution in [0.2, 0.25) is 0 Å². The maximum atomic E-state index is 3.79. The number of hydrogen-bond acceptors (Lipinski definition) is 3. The summed E-state index contributed by atoms with van der Waals surface area (Å²) in [6.07, 6.45) is 8.40. The molecule has 1 atom stereocenters. The van der Waals surface area contributed by atoms with Gasteiger partial charge in [0.05, 0.1) is 0 Å². The highest BCUT2D eigenvalue weighted by atomic mass is 15.2. The molecule has 1 N–H and O–H groups in total. The van der Waals surface area contributed by atoms with Crippen LogP contribution in [-0.2, 0) is 0 Å². The van der Waals surface area contributed by atoms with Crippen molar-refractivity contribution in [1.29, 1.82) is 0 Å². The van der Waals surface area contributed by atoms with Crippen molar-refractivity contribution in [3.8, 4) is 0 Å². The third kappa shape index (κ3) is 5.05. The topological polar surface area (TPSA) is 18.5 Å². The molecule has 1 aliphatic heterocycles. The van der Waals surface area contributed by atoms with Gasteiger partial charge in [0.15, 0.2) is 0 Å². The summed E-state index contributed by atoms with van der Waals surface area (Å²) < 4.78 is 0. The predicted octanol–water partition coefficient (Wildman–Crippen LogP) is 2.18. The van der Waals surface area contributed by atoms with Crippen LogP contribution < -0.4 is 5.32 Å². The molecule has 0 aromatic rings. The fourth-order valence-corrected chi connectivity index (χ4v) is 3.69. The highest BCUT2D eigenvalue weighted by molar-refractivity contribution is 4.82. The highest BCUT2D eigenvalue weighted by Gasteiger charge is 2.24. The van der Waals surface area contributed by atoms with Crippen molar-refractivity contribution >= 4 is 0 Å². The highest BCUT2D eigenvalue weighted by Crippen LogP contribution is 2.23. The van der Waals surface area contributed by atoms with Gasteiger partial charge in [-0.05, 0) is 65.1 Å². The Kier molecular flexibility index (Phi) is 6.11. The molecule has 0 aromatic heterocycles. The molecule has 112 valence electrons. The molecular weight excluding hydrogens is 234 g/mol. The molecular formula is C16H33N3. The van der Waals surface area contributed by atoms with E-state index in [0.717, 1.165) is 18.0 Å². The van der Waals surface area contributed by atoms with E-state index in [0.29, 0.717) is 0 Å². The Labute approximate surface area is 119 Å². The van der Waals surface area contributed by atoms with Crippen LogP contribution in [0.3, 0.4) is 0 Å². The summed E-state index contributed by atoms with van der Waals surface area (Å²) in [5.74, 6) is 0.959. The number of likely N-dealkylation sites (N-methyl/N-ethyl adjacent to an activating group) is 1. The van der Waals surface area contributed by atoms with Crippen LogP contribution in [0.25, 0.3) is 0 Å². The van der Waals surface area contributed by atoms with Gasteiger partial charge in [0.2, 0.25) is 0 Å². The zero-order chi connectivity index (χ0) is 13.7. The maximum Gasteiger partial charge on any atom is 0.0223 e. The van der Waals surface area contributed by atoms with Crippen LogP contribution in [0.5, 0.6) is 0 Å². The number of likely N-dealkylation sites (tertiary alicyclic amines) is 1. The first kappa shape index (κ1) is 15.3. The standard InChI is InChI=1S/C16H33N3/c1-14-6-8-15(9-7-14)17-10-12-19-11-4-5-16(19)13-18(2)3/h14-17H,4-13H2,1-3H3. The van der Waals surface area contributed by atoms with Gasteiger partial charge in [-0.15, -0.1) is 0 Å². The lowest BCUT2D eigenvalue weighted by Gasteiger charge is -2.30. The quantitative estimate of drug-likeness (QED) is 0.796. The van der Waals surface area contributed by atoms with Crippen molar-refractivity contribution < 1.29 is 0 Å². The third-order valence-electron chi connectivity index (χ3n) is 4.92. The molecule has 0 spiro atoms. The van der Waals surface area contributed by atoms with E-state index in [1.54, 1.807) is 0 Å². The van der Waals surface area contributed by atoms with Crippen molar-refractivity contribution in [1.82, 2.24) is 15.1 Å². The summed E-state index contributed by atoms with van der Waals surface area (Å²) in [5, 5.41) is 3.79. The van der Waals surface area contributed by atoms with Gasteiger partial charge in [0, 0.05) is 31.7 Å². The molecule has 0 bridgehead atoms. The molecule has 2 fully saturated rings. The summed E-state index contributed by atoms with van der Waals surface area (Å²) in [5.41, 5.74) is 0. The van der Waals surface area contributed by atoms with Crippen molar-refractivity contribution in [3.05, 3.63) is 0 Å². The van der Waals surface area contributed by atoms with Crippen LogP contribution in [0, 0.1) is 5.92 Å². The molecule has 1 aliphatic carbocycles. The SMILES string of the molecule is CC1CCC(NCCN2CCCC2CN(C)C)CC1. The molecule has 1 unspecified atom stereocenters. The first-order chi connectivity index (χ1) is 9.15. The Morgan fingerprint density at radius 3 is 2.53 bits per heavy atom. The maximum absolute atomic E-state index is 3.79. The van der Waals surface area contributed by atoms with E-state index in [1.165, 1.54) is 64.7 Å². The fourth-order valence-electron chi connectivity index (χ4n) is 3.69. The van der Waals surface area contributed by atoms with Crippen molar-refractivity contribution in [2.24, 2.45) is 5.92 Å². The summed E-state index contributed by atoms with van der Waals surface area (Å²) in [7, 11) is 4.38. The van der Waals surface area contributed by atoms with E-state index in [4.69, 9.17) is 0 Å². The Morgan fingerprint density at radius 2 is 1.84 bits per heavy atom. The van der Waals surface area contributed by atoms with Gasteiger partial charge in [0.25, 0.3) is 0 Å². The Hall–Kier alpha value is -0.120. The van der Waals surface area contributed by atoms with Crippen LogP contribution in [-0.4, -0.2) is 62.2 Å². The van der Waals surface area contributed by atoms with Crippen molar-refractivity contribution in [3.63, 3.8) is 0 Å². The number of nitrogens with zero attached hydrogens (tertiary/aromatic N) is 2. The van der Waals surface area contributed by atoms with Crippen LogP contribution in [0.15, 0.2) is 0 Å². The molecule has 2 aliphatic rings. The predicted molar refractivity (Wildman–Crippen MR) is 82.6 cm³/mol. The third-order valence-corrected chi connectivity index (χ3v) is 4.92. The average Bonchev–Trinajstić information content (AvgIpc) is 2.78. The van der Waals surface area contributed by atoms with E-state index in [-0.39, 0.29) is 0 Å². The monoisotopic (exact) mass is 267 g/mol. The minimum absolute atomic E-state index is 0.795. The van der Waals surface area contributed by atoms with Gasteiger partial charge in [-0.25, -0.2) is 0 Å². The molecule has 3 nitrogen and oxygen atoms in total. The van der Waals surface area contributed by atoms with Crippen LogP contribution >= 0.6 is 0 Å². The summed E-state index contributed by atoms with van der Waals surface area (Å²) in [4.78, 5) is 5.03. The molecule has 19 heavy (non-hydrogen) atoms. The van der Waals surface area contributed by atoms with E-state index >= 15 is 0 Å². The lowest BCUT2D eigenvalue weighted by atomic mass is 9.87. The van der Waals surface area contributed by atoms with E-state index in [2.05, 4.69) is 36.1 Å². The van der Waals surface area contributed by atoms with Crippen LogP contribution in [0.1, 0.15) is 45.4 Å². The molecule has 1 saturated heterocycles. The molecule has 3 heteroatoms. The van der Waals surface area contributed by atoms with E-state index in [1.807, 2.05) is 0 Å². The first-order valence-corrected chi connectivity index (χ1v) is 8.27. The second-order valence-corrected chi connectivity index (χ2v) is 7.01. The van der Waals surface area contributed by atoms with Gasteiger partial charge in [-0.1, -0.05) is 6.92 Å². The molecule has 0 aromatic carbocycles. The minimum Gasteiger partial charge on any atom is -0.313 e. The molecule has 0 amide bonds. The molecule has 1 heterocycles. The molecule has 2 rings (SSSR count). The number of hydrogen-bond donors (Lipinski definition) is 1.